The van der Waals surface area contributed by atoms with Crippen LogP contribution >= 0.6 is 0 Å². The molecule has 12 heavy (non-hydrogen) atoms. The Morgan fingerprint density at radius 2 is 2.17 bits per heavy atom. The average Bonchev–Trinajstić information content (AvgIpc) is 2.45. The molecular formula is C11H14O. The van der Waals surface area contributed by atoms with E-state index in [2.05, 4.69) is 6.08 Å². The van der Waals surface area contributed by atoms with E-state index in [1.807, 2.05) is 44.2 Å². The zero-order chi connectivity index (χ0) is 8.81. The summed E-state index contributed by atoms with van der Waals surface area (Å²) >= 11 is 0. The third-order valence-electron chi connectivity index (χ3n) is 1.55. The summed E-state index contributed by atoms with van der Waals surface area (Å²) in [6.45, 7) is 3.96. The summed E-state index contributed by atoms with van der Waals surface area (Å²) in [4.78, 5) is 0. The maximum absolute atomic E-state index is 5.39. The number of aryl methyl sites for hydroxylation is 1. The van der Waals surface area contributed by atoms with Crippen molar-refractivity contribution in [1.82, 2.24) is 0 Å². The topological polar surface area (TPSA) is 13.1 Å². The highest BCUT2D eigenvalue weighted by Gasteiger charge is 1.93. The molecule has 0 aliphatic rings. The van der Waals surface area contributed by atoms with Gasteiger partial charge in [0.2, 0.25) is 0 Å². The molecule has 0 atom stereocenters. The van der Waals surface area contributed by atoms with Crippen molar-refractivity contribution in [3.05, 3.63) is 48.0 Å². The highest BCUT2D eigenvalue weighted by Crippen LogP contribution is 2.06. The molecule has 0 aliphatic heterocycles. The van der Waals surface area contributed by atoms with Crippen molar-refractivity contribution in [1.29, 1.82) is 0 Å². The summed E-state index contributed by atoms with van der Waals surface area (Å²) in [6.07, 6.45) is 8.99. The van der Waals surface area contributed by atoms with Gasteiger partial charge in [0.25, 0.3) is 0 Å². The second-order valence-corrected chi connectivity index (χ2v) is 2.67. The van der Waals surface area contributed by atoms with Gasteiger partial charge in [-0.3, -0.25) is 0 Å². The van der Waals surface area contributed by atoms with Crippen LogP contribution in [0.4, 0.5) is 0 Å². The van der Waals surface area contributed by atoms with Crippen molar-refractivity contribution in [3.8, 4) is 0 Å². The van der Waals surface area contributed by atoms with Crippen LogP contribution in [0.3, 0.4) is 0 Å². The van der Waals surface area contributed by atoms with Gasteiger partial charge in [-0.05, 0) is 26.0 Å². The minimum absolute atomic E-state index is 0.873. The van der Waals surface area contributed by atoms with Crippen LogP contribution < -0.4 is 0 Å². The fourth-order valence-electron chi connectivity index (χ4n) is 0.969. The SMILES string of the molecule is CC=CC=CCc1ccc(C)o1. The van der Waals surface area contributed by atoms with Crippen LogP contribution in [0.15, 0.2) is 40.9 Å². The monoisotopic (exact) mass is 162 g/mol. The van der Waals surface area contributed by atoms with Crippen molar-refractivity contribution in [2.24, 2.45) is 0 Å². The van der Waals surface area contributed by atoms with Gasteiger partial charge >= 0.3 is 0 Å². The van der Waals surface area contributed by atoms with Gasteiger partial charge < -0.3 is 4.42 Å². The van der Waals surface area contributed by atoms with E-state index in [0.717, 1.165) is 17.9 Å². The van der Waals surface area contributed by atoms with E-state index >= 15 is 0 Å². The van der Waals surface area contributed by atoms with Gasteiger partial charge in [-0.25, -0.2) is 0 Å². The van der Waals surface area contributed by atoms with Gasteiger partial charge in [0.05, 0.1) is 0 Å². The second-order valence-electron chi connectivity index (χ2n) is 2.67. The molecule has 0 fully saturated rings. The van der Waals surface area contributed by atoms with Crippen LogP contribution in [0.5, 0.6) is 0 Å². The second kappa shape index (κ2) is 4.60. The van der Waals surface area contributed by atoms with E-state index in [1.54, 1.807) is 0 Å². The molecule has 0 radical (unpaired) electrons. The Bertz CT molecular complexity index is 279. The Kier molecular flexibility index (Phi) is 3.39. The number of furan rings is 1. The summed E-state index contributed by atoms with van der Waals surface area (Å²) in [5.74, 6) is 2.00. The lowest BCUT2D eigenvalue weighted by molar-refractivity contribution is 0.495. The lowest BCUT2D eigenvalue weighted by Crippen LogP contribution is -1.72. The number of hydrogen-bond donors (Lipinski definition) is 0. The molecule has 0 aliphatic carbocycles. The molecule has 64 valence electrons. The van der Waals surface area contributed by atoms with Crippen LogP contribution in [-0.2, 0) is 6.42 Å². The smallest absolute Gasteiger partial charge is 0.107 e. The zero-order valence-electron chi connectivity index (χ0n) is 7.58. The van der Waals surface area contributed by atoms with Gasteiger partial charge in [-0.1, -0.05) is 24.3 Å². The van der Waals surface area contributed by atoms with Crippen LogP contribution in [0.25, 0.3) is 0 Å². The Morgan fingerprint density at radius 3 is 2.75 bits per heavy atom. The zero-order valence-corrected chi connectivity index (χ0v) is 7.58. The van der Waals surface area contributed by atoms with Crippen LogP contribution in [-0.4, -0.2) is 0 Å². The molecule has 0 amide bonds. The number of hydrogen-bond acceptors (Lipinski definition) is 1. The van der Waals surface area contributed by atoms with E-state index in [-0.39, 0.29) is 0 Å². The molecule has 0 bridgehead atoms. The van der Waals surface area contributed by atoms with Gasteiger partial charge in [-0.2, -0.15) is 0 Å². The van der Waals surface area contributed by atoms with Crippen molar-refractivity contribution >= 4 is 0 Å². The molecule has 0 spiro atoms. The van der Waals surface area contributed by atoms with E-state index < -0.39 is 0 Å². The molecule has 1 aromatic heterocycles. The summed E-state index contributed by atoms with van der Waals surface area (Å²) in [5, 5.41) is 0. The molecule has 0 saturated heterocycles. The van der Waals surface area contributed by atoms with E-state index in [9.17, 15) is 0 Å². The van der Waals surface area contributed by atoms with Gasteiger partial charge in [0.1, 0.15) is 11.5 Å². The summed E-state index contributed by atoms with van der Waals surface area (Å²) < 4.78 is 5.39. The molecule has 0 saturated carbocycles. The van der Waals surface area contributed by atoms with Crippen LogP contribution in [0, 0.1) is 6.92 Å². The van der Waals surface area contributed by atoms with Gasteiger partial charge in [0.15, 0.2) is 0 Å². The first-order valence-corrected chi connectivity index (χ1v) is 4.16. The summed E-state index contributed by atoms with van der Waals surface area (Å²) in [5.41, 5.74) is 0. The van der Waals surface area contributed by atoms with Crippen molar-refractivity contribution in [2.45, 2.75) is 20.3 Å². The van der Waals surface area contributed by atoms with Crippen LogP contribution in [0.2, 0.25) is 0 Å². The average molecular weight is 162 g/mol. The molecule has 0 N–H and O–H groups in total. The molecule has 1 heterocycles. The first-order chi connectivity index (χ1) is 5.83. The number of rotatable bonds is 3. The first-order valence-electron chi connectivity index (χ1n) is 4.16. The Morgan fingerprint density at radius 1 is 1.33 bits per heavy atom. The molecule has 1 heteroatoms. The van der Waals surface area contributed by atoms with Gasteiger partial charge in [-0.15, -0.1) is 0 Å². The van der Waals surface area contributed by atoms with Crippen molar-refractivity contribution in [2.75, 3.05) is 0 Å². The van der Waals surface area contributed by atoms with Crippen molar-refractivity contribution < 1.29 is 4.42 Å². The highest BCUT2D eigenvalue weighted by atomic mass is 16.3. The molecule has 1 nitrogen and oxygen atoms in total. The highest BCUT2D eigenvalue weighted by molar-refractivity contribution is 5.11. The largest absolute Gasteiger partial charge is 0.466 e. The summed E-state index contributed by atoms with van der Waals surface area (Å²) in [6, 6.07) is 3.99. The normalized spacial score (nSPS) is 11.8. The molecular weight excluding hydrogens is 148 g/mol. The Labute approximate surface area is 73.4 Å². The molecule has 1 aromatic rings. The molecule has 1 rings (SSSR count). The number of allylic oxidation sites excluding steroid dienone is 4. The van der Waals surface area contributed by atoms with Gasteiger partial charge in [0, 0.05) is 6.42 Å². The molecule has 0 aromatic carbocycles. The van der Waals surface area contributed by atoms with E-state index in [4.69, 9.17) is 4.42 Å². The lowest BCUT2D eigenvalue weighted by atomic mass is 10.3. The van der Waals surface area contributed by atoms with Crippen molar-refractivity contribution in [3.63, 3.8) is 0 Å². The minimum Gasteiger partial charge on any atom is -0.466 e. The fourth-order valence-corrected chi connectivity index (χ4v) is 0.969. The van der Waals surface area contributed by atoms with E-state index in [1.165, 1.54) is 0 Å². The maximum Gasteiger partial charge on any atom is 0.107 e. The summed E-state index contributed by atoms with van der Waals surface area (Å²) in [7, 11) is 0. The minimum atomic E-state index is 0.873. The fraction of sp³-hybridized carbons (Fsp3) is 0.273. The first kappa shape index (κ1) is 8.85. The van der Waals surface area contributed by atoms with Crippen LogP contribution in [0.1, 0.15) is 18.4 Å². The standard InChI is InChI=1S/C11H14O/c1-3-4-5-6-7-11-9-8-10(2)12-11/h3-6,8-9H,7H2,1-2H3. The van der Waals surface area contributed by atoms with E-state index in [0.29, 0.717) is 0 Å². The quantitative estimate of drug-likeness (QED) is 0.622. The lowest BCUT2D eigenvalue weighted by Gasteiger charge is -1.86. The Balaban J connectivity index is 2.43. The third-order valence-corrected chi connectivity index (χ3v) is 1.55. The molecule has 0 unspecified atom stereocenters. The predicted octanol–water partition coefficient (Wildman–Crippen LogP) is 3.26. The third kappa shape index (κ3) is 2.79. The maximum atomic E-state index is 5.39. The Hall–Kier alpha value is -1.24. The predicted molar refractivity (Wildman–Crippen MR) is 51.1 cm³/mol.